The Bertz CT molecular complexity index is 699. The van der Waals surface area contributed by atoms with Crippen molar-refractivity contribution >= 4 is 23.5 Å². The molecule has 0 aliphatic heterocycles. The van der Waals surface area contributed by atoms with Crippen LogP contribution in [0.2, 0.25) is 5.02 Å². The second-order valence-corrected chi connectivity index (χ2v) is 5.57. The molecular formula is C16H18ClN3O3. The third-order valence-corrected chi connectivity index (χ3v) is 3.58. The number of aliphatic carboxylic acids is 1. The molecule has 0 saturated carbocycles. The fourth-order valence-corrected chi connectivity index (χ4v) is 2.29. The summed E-state index contributed by atoms with van der Waals surface area (Å²) in [7, 11) is 0. The van der Waals surface area contributed by atoms with E-state index in [1.807, 2.05) is 13.0 Å². The van der Waals surface area contributed by atoms with Crippen LogP contribution in [0, 0.1) is 0 Å². The number of halogens is 1. The lowest BCUT2D eigenvalue weighted by molar-refractivity contribution is -0.139. The quantitative estimate of drug-likeness (QED) is 0.814. The zero-order valence-corrected chi connectivity index (χ0v) is 13.5. The monoisotopic (exact) mass is 335 g/mol. The van der Waals surface area contributed by atoms with Crippen LogP contribution in [-0.4, -0.2) is 32.8 Å². The van der Waals surface area contributed by atoms with E-state index >= 15 is 0 Å². The number of hydrogen-bond acceptors (Lipinski definition) is 3. The van der Waals surface area contributed by atoms with E-state index in [9.17, 15) is 9.59 Å². The Morgan fingerprint density at radius 2 is 2.17 bits per heavy atom. The van der Waals surface area contributed by atoms with Crippen LogP contribution in [0.25, 0.3) is 5.69 Å². The first-order chi connectivity index (χ1) is 11.0. The predicted octanol–water partition coefficient (Wildman–Crippen LogP) is 2.90. The SMILES string of the molecule is CCCC[C@H](NC(=O)c1ccn(-c2cccc(Cl)c2)n1)C(=O)O. The van der Waals surface area contributed by atoms with Gasteiger partial charge in [0.25, 0.3) is 5.91 Å². The number of hydrogen-bond donors (Lipinski definition) is 2. The molecule has 122 valence electrons. The van der Waals surface area contributed by atoms with Crippen molar-refractivity contribution in [3.63, 3.8) is 0 Å². The van der Waals surface area contributed by atoms with Crippen molar-refractivity contribution in [1.82, 2.24) is 15.1 Å². The number of unbranched alkanes of at least 4 members (excludes halogenated alkanes) is 1. The highest BCUT2D eigenvalue weighted by Crippen LogP contribution is 2.14. The molecule has 1 atom stereocenters. The Kier molecular flexibility index (Phi) is 5.76. The Morgan fingerprint density at radius 1 is 1.39 bits per heavy atom. The Morgan fingerprint density at radius 3 is 2.83 bits per heavy atom. The van der Waals surface area contributed by atoms with Crippen LogP contribution in [0.15, 0.2) is 36.5 Å². The van der Waals surface area contributed by atoms with Gasteiger partial charge in [0.05, 0.1) is 5.69 Å². The molecule has 2 N–H and O–H groups in total. The van der Waals surface area contributed by atoms with E-state index in [4.69, 9.17) is 16.7 Å². The summed E-state index contributed by atoms with van der Waals surface area (Å²) < 4.78 is 1.52. The van der Waals surface area contributed by atoms with E-state index in [0.717, 1.165) is 18.5 Å². The Hall–Kier alpha value is -2.34. The Labute approximate surface area is 139 Å². The summed E-state index contributed by atoms with van der Waals surface area (Å²) in [6, 6.07) is 7.69. The second-order valence-electron chi connectivity index (χ2n) is 5.13. The number of carbonyl (C=O) groups excluding carboxylic acids is 1. The van der Waals surface area contributed by atoms with Crippen LogP contribution >= 0.6 is 11.6 Å². The normalized spacial score (nSPS) is 11.9. The molecule has 2 rings (SSSR count). The number of nitrogens with zero attached hydrogens (tertiary/aromatic N) is 2. The number of aromatic nitrogens is 2. The van der Waals surface area contributed by atoms with E-state index in [-0.39, 0.29) is 5.69 Å². The fraction of sp³-hybridized carbons (Fsp3) is 0.312. The van der Waals surface area contributed by atoms with Crippen molar-refractivity contribution in [3.05, 3.63) is 47.2 Å². The lowest BCUT2D eigenvalue weighted by Gasteiger charge is -2.12. The topological polar surface area (TPSA) is 84.2 Å². The van der Waals surface area contributed by atoms with E-state index in [1.54, 1.807) is 24.4 Å². The van der Waals surface area contributed by atoms with Crippen LogP contribution in [0.4, 0.5) is 0 Å². The van der Waals surface area contributed by atoms with Gasteiger partial charge in [-0.05, 0) is 30.7 Å². The van der Waals surface area contributed by atoms with Crippen LogP contribution in [0.3, 0.4) is 0 Å². The highest BCUT2D eigenvalue weighted by Gasteiger charge is 2.21. The molecule has 1 heterocycles. The third kappa shape index (κ3) is 4.56. The molecule has 0 aliphatic carbocycles. The van der Waals surface area contributed by atoms with Gasteiger partial charge in [0, 0.05) is 11.2 Å². The van der Waals surface area contributed by atoms with E-state index in [1.165, 1.54) is 10.7 Å². The summed E-state index contributed by atoms with van der Waals surface area (Å²) in [6.45, 7) is 1.97. The summed E-state index contributed by atoms with van der Waals surface area (Å²) in [5.74, 6) is -1.55. The predicted molar refractivity (Wildman–Crippen MR) is 87.0 cm³/mol. The zero-order chi connectivity index (χ0) is 16.8. The molecule has 7 heteroatoms. The maximum Gasteiger partial charge on any atom is 0.326 e. The van der Waals surface area contributed by atoms with Crippen LogP contribution in [0.5, 0.6) is 0 Å². The number of carboxylic acid groups (broad SMARTS) is 1. The van der Waals surface area contributed by atoms with Crippen molar-refractivity contribution in [1.29, 1.82) is 0 Å². The largest absolute Gasteiger partial charge is 0.480 e. The lowest BCUT2D eigenvalue weighted by atomic mass is 10.1. The van der Waals surface area contributed by atoms with Gasteiger partial charge in [-0.3, -0.25) is 4.79 Å². The van der Waals surface area contributed by atoms with E-state index < -0.39 is 17.9 Å². The van der Waals surface area contributed by atoms with Crippen LogP contribution in [0.1, 0.15) is 36.7 Å². The first-order valence-electron chi connectivity index (χ1n) is 7.36. The average Bonchev–Trinajstić information content (AvgIpc) is 3.01. The highest BCUT2D eigenvalue weighted by molar-refractivity contribution is 6.30. The molecule has 2 aromatic rings. The second kappa shape index (κ2) is 7.78. The fourth-order valence-electron chi connectivity index (χ4n) is 2.11. The standard InChI is InChI=1S/C16H18ClN3O3/c1-2-3-7-14(16(22)23)18-15(21)13-8-9-20(19-13)12-6-4-5-11(17)10-12/h4-6,8-10,14H,2-3,7H2,1H3,(H,18,21)(H,22,23)/t14-/m0/s1. The van der Waals surface area contributed by atoms with Gasteiger partial charge in [-0.15, -0.1) is 0 Å². The van der Waals surface area contributed by atoms with Crippen molar-refractivity contribution in [2.75, 3.05) is 0 Å². The van der Waals surface area contributed by atoms with Gasteiger partial charge in [-0.25, -0.2) is 9.48 Å². The number of carboxylic acids is 1. The zero-order valence-electron chi connectivity index (χ0n) is 12.7. The number of benzene rings is 1. The number of amides is 1. The maximum atomic E-state index is 12.2. The molecule has 6 nitrogen and oxygen atoms in total. The lowest BCUT2D eigenvalue weighted by Crippen LogP contribution is -2.40. The molecule has 0 radical (unpaired) electrons. The van der Waals surface area contributed by atoms with Crippen LogP contribution in [-0.2, 0) is 4.79 Å². The molecule has 0 unspecified atom stereocenters. The summed E-state index contributed by atoms with van der Waals surface area (Å²) in [5.41, 5.74) is 0.880. The number of rotatable bonds is 7. The molecule has 23 heavy (non-hydrogen) atoms. The Balaban J connectivity index is 2.10. The molecule has 1 aromatic carbocycles. The minimum Gasteiger partial charge on any atom is -0.480 e. The summed E-state index contributed by atoms with van der Waals surface area (Å²) in [4.78, 5) is 23.3. The maximum absolute atomic E-state index is 12.2. The van der Waals surface area contributed by atoms with Gasteiger partial charge in [0.15, 0.2) is 5.69 Å². The van der Waals surface area contributed by atoms with Crippen molar-refractivity contribution < 1.29 is 14.7 Å². The minimum absolute atomic E-state index is 0.160. The van der Waals surface area contributed by atoms with Gasteiger partial charge in [0.1, 0.15) is 6.04 Å². The molecule has 1 aromatic heterocycles. The van der Waals surface area contributed by atoms with Gasteiger partial charge in [0.2, 0.25) is 0 Å². The van der Waals surface area contributed by atoms with Crippen molar-refractivity contribution in [2.24, 2.45) is 0 Å². The summed E-state index contributed by atoms with van der Waals surface area (Å²) in [5, 5.41) is 16.4. The summed E-state index contributed by atoms with van der Waals surface area (Å²) in [6.07, 6.45) is 3.62. The van der Waals surface area contributed by atoms with Crippen LogP contribution < -0.4 is 5.32 Å². The molecular weight excluding hydrogens is 318 g/mol. The molecule has 0 saturated heterocycles. The van der Waals surface area contributed by atoms with Gasteiger partial charge in [-0.2, -0.15) is 5.10 Å². The van der Waals surface area contributed by atoms with Gasteiger partial charge < -0.3 is 10.4 Å². The summed E-state index contributed by atoms with van der Waals surface area (Å²) >= 11 is 5.93. The van der Waals surface area contributed by atoms with E-state index in [0.29, 0.717) is 11.4 Å². The van der Waals surface area contributed by atoms with Gasteiger partial charge >= 0.3 is 5.97 Å². The third-order valence-electron chi connectivity index (χ3n) is 3.34. The molecule has 0 spiro atoms. The minimum atomic E-state index is -1.04. The molecule has 1 amide bonds. The van der Waals surface area contributed by atoms with Gasteiger partial charge in [-0.1, -0.05) is 37.4 Å². The van der Waals surface area contributed by atoms with Crippen molar-refractivity contribution in [2.45, 2.75) is 32.2 Å². The first-order valence-corrected chi connectivity index (χ1v) is 7.74. The molecule has 0 bridgehead atoms. The average molecular weight is 336 g/mol. The molecule has 0 aliphatic rings. The number of carbonyl (C=O) groups is 2. The molecule has 0 fully saturated rings. The first kappa shape index (κ1) is 17.0. The van der Waals surface area contributed by atoms with Crippen molar-refractivity contribution in [3.8, 4) is 5.69 Å². The smallest absolute Gasteiger partial charge is 0.326 e. The van der Waals surface area contributed by atoms with E-state index in [2.05, 4.69) is 10.4 Å². The highest BCUT2D eigenvalue weighted by atomic mass is 35.5. The number of nitrogens with one attached hydrogen (secondary N) is 1.